The second kappa shape index (κ2) is 9.72. The van der Waals surface area contributed by atoms with Crippen molar-refractivity contribution in [3.05, 3.63) is 48.4 Å². The molecule has 5 heterocycles. The van der Waals surface area contributed by atoms with Gasteiger partial charge >= 0.3 is 0 Å². The highest BCUT2D eigenvalue weighted by atomic mass is 19.1. The van der Waals surface area contributed by atoms with E-state index in [0.717, 1.165) is 44.0 Å². The molecular formula is C28H31FN8O. The van der Waals surface area contributed by atoms with E-state index in [1.807, 2.05) is 29.2 Å². The van der Waals surface area contributed by atoms with Gasteiger partial charge in [0.2, 0.25) is 5.82 Å². The topological polar surface area (TPSA) is 108 Å². The summed E-state index contributed by atoms with van der Waals surface area (Å²) in [5, 5.41) is 18.7. The van der Waals surface area contributed by atoms with Crippen molar-refractivity contribution in [3.8, 4) is 28.8 Å². The molecule has 196 valence electrons. The third-order valence-corrected chi connectivity index (χ3v) is 7.72. The fourth-order valence-electron chi connectivity index (χ4n) is 5.87. The molecule has 3 aromatic rings. The van der Waals surface area contributed by atoms with Crippen LogP contribution in [0.3, 0.4) is 0 Å². The Balaban J connectivity index is 1.18. The summed E-state index contributed by atoms with van der Waals surface area (Å²) in [7, 11) is 0. The SMILES string of the molecule is C[C@]1(F)CCN(CC#Cc2nccc(N3[C@@H]4CC[C@H]3CN(c3cc(-c5ccccc5O)nnc3N)C4)n2)C1. The summed E-state index contributed by atoms with van der Waals surface area (Å²) < 4.78 is 14.1. The maximum atomic E-state index is 14.1. The highest BCUT2D eigenvalue weighted by molar-refractivity contribution is 5.74. The van der Waals surface area contributed by atoms with Crippen molar-refractivity contribution in [1.29, 1.82) is 0 Å². The average Bonchev–Trinajstić information content (AvgIpc) is 3.39. The van der Waals surface area contributed by atoms with Crippen LogP contribution < -0.4 is 15.5 Å². The first kappa shape index (κ1) is 24.4. The van der Waals surface area contributed by atoms with Crippen molar-refractivity contribution < 1.29 is 9.50 Å². The average molecular weight is 515 g/mol. The lowest BCUT2D eigenvalue weighted by molar-refractivity contribution is 0.194. The number of piperazine rings is 1. The molecule has 1 aromatic carbocycles. The fraction of sp³-hybridized carbons (Fsp3) is 0.429. The zero-order valence-electron chi connectivity index (χ0n) is 21.4. The molecule has 3 N–H and O–H groups in total. The van der Waals surface area contributed by atoms with Gasteiger partial charge < -0.3 is 20.6 Å². The normalized spacial score (nSPS) is 24.9. The Morgan fingerprint density at radius 3 is 2.68 bits per heavy atom. The van der Waals surface area contributed by atoms with Crippen molar-refractivity contribution in [2.75, 3.05) is 48.3 Å². The monoisotopic (exact) mass is 514 g/mol. The molecule has 0 saturated carbocycles. The minimum Gasteiger partial charge on any atom is -0.507 e. The Hall–Kier alpha value is -3.97. The molecule has 10 heteroatoms. The molecular weight excluding hydrogens is 483 g/mol. The predicted octanol–water partition coefficient (Wildman–Crippen LogP) is 2.86. The van der Waals surface area contributed by atoms with Gasteiger partial charge in [-0.1, -0.05) is 18.1 Å². The van der Waals surface area contributed by atoms with E-state index < -0.39 is 5.67 Å². The summed E-state index contributed by atoms with van der Waals surface area (Å²) in [5.41, 5.74) is 7.19. The lowest BCUT2D eigenvalue weighted by Crippen LogP contribution is -2.54. The minimum absolute atomic E-state index is 0.159. The van der Waals surface area contributed by atoms with E-state index in [0.29, 0.717) is 42.4 Å². The first-order valence-electron chi connectivity index (χ1n) is 13.0. The molecule has 2 bridgehead atoms. The Bertz CT molecular complexity index is 1390. The molecule has 0 amide bonds. The maximum Gasteiger partial charge on any atom is 0.206 e. The van der Waals surface area contributed by atoms with Crippen LogP contribution in [0.5, 0.6) is 5.75 Å². The van der Waals surface area contributed by atoms with Crippen LogP contribution in [0.1, 0.15) is 32.0 Å². The number of alkyl halides is 1. The van der Waals surface area contributed by atoms with Crippen LogP contribution in [0.4, 0.5) is 21.7 Å². The first-order valence-corrected chi connectivity index (χ1v) is 13.0. The molecule has 3 aliphatic rings. The zero-order valence-corrected chi connectivity index (χ0v) is 21.4. The van der Waals surface area contributed by atoms with Crippen molar-refractivity contribution in [2.24, 2.45) is 0 Å². The van der Waals surface area contributed by atoms with E-state index in [4.69, 9.17) is 10.7 Å². The number of benzene rings is 1. The lowest BCUT2D eigenvalue weighted by Gasteiger charge is -2.42. The van der Waals surface area contributed by atoms with Gasteiger partial charge in [-0.15, -0.1) is 10.2 Å². The Morgan fingerprint density at radius 1 is 1.16 bits per heavy atom. The van der Waals surface area contributed by atoms with Gasteiger partial charge in [0, 0.05) is 50.0 Å². The number of aromatic nitrogens is 4. The van der Waals surface area contributed by atoms with Crippen molar-refractivity contribution in [3.63, 3.8) is 0 Å². The molecule has 9 nitrogen and oxygen atoms in total. The van der Waals surface area contributed by atoms with Crippen LogP contribution in [0, 0.1) is 11.8 Å². The second-order valence-electron chi connectivity index (χ2n) is 10.6. The van der Waals surface area contributed by atoms with E-state index in [-0.39, 0.29) is 17.8 Å². The number of rotatable bonds is 4. The molecule has 3 atom stereocenters. The zero-order chi connectivity index (χ0) is 26.3. The number of aromatic hydroxyl groups is 1. The molecule has 0 unspecified atom stereocenters. The van der Waals surface area contributed by atoms with E-state index in [2.05, 4.69) is 36.8 Å². The molecule has 0 spiro atoms. The van der Waals surface area contributed by atoms with E-state index >= 15 is 0 Å². The summed E-state index contributed by atoms with van der Waals surface area (Å²) in [5.74, 6) is 8.09. The Morgan fingerprint density at radius 2 is 1.95 bits per heavy atom. The standard InChI is InChI=1S/C28H31FN8O/c1-28(29)11-14-35(18-28)13-4-7-25-31-12-10-26(32-25)37-19-8-9-20(37)17-36(16-19)23-15-22(33-34-27(23)30)21-5-2-3-6-24(21)38/h2-3,5-6,10,12,15,19-20,38H,8-9,11,13-14,16-18H2,1H3,(H2,30,34)/t19-,20+,28-/m0/s1. The van der Waals surface area contributed by atoms with Gasteiger partial charge in [0.25, 0.3) is 0 Å². The number of nitrogen functional groups attached to an aromatic ring is 1. The van der Waals surface area contributed by atoms with Crippen molar-refractivity contribution in [2.45, 2.75) is 43.9 Å². The van der Waals surface area contributed by atoms with Crippen LogP contribution in [0.2, 0.25) is 0 Å². The molecule has 3 fully saturated rings. The van der Waals surface area contributed by atoms with Crippen LogP contribution in [-0.4, -0.2) is 80.6 Å². The van der Waals surface area contributed by atoms with Gasteiger partial charge in [-0.3, -0.25) is 4.90 Å². The highest BCUT2D eigenvalue weighted by Crippen LogP contribution is 2.38. The number of phenolic OH excluding ortho intramolecular Hbond substituents is 1. The van der Waals surface area contributed by atoms with E-state index in [1.54, 1.807) is 25.3 Å². The summed E-state index contributed by atoms with van der Waals surface area (Å²) in [4.78, 5) is 15.8. The summed E-state index contributed by atoms with van der Waals surface area (Å²) in [6, 6.07) is 11.5. The predicted molar refractivity (Wildman–Crippen MR) is 145 cm³/mol. The largest absolute Gasteiger partial charge is 0.507 e. The van der Waals surface area contributed by atoms with Crippen LogP contribution in [-0.2, 0) is 0 Å². The van der Waals surface area contributed by atoms with Crippen molar-refractivity contribution >= 4 is 17.3 Å². The lowest BCUT2D eigenvalue weighted by atomic mass is 10.1. The number of hydrogen-bond acceptors (Lipinski definition) is 9. The van der Waals surface area contributed by atoms with Crippen LogP contribution in [0.15, 0.2) is 42.6 Å². The third-order valence-electron chi connectivity index (χ3n) is 7.72. The molecule has 38 heavy (non-hydrogen) atoms. The number of hydrogen-bond donors (Lipinski definition) is 2. The Labute approximate surface area is 221 Å². The molecule has 0 radical (unpaired) electrons. The molecule has 2 aromatic heterocycles. The van der Waals surface area contributed by atoms with Gasteiger partial charge in [-0.2, -0.15) is 0 Å². The minimum atomic E-state index is -1.12. The van der Waals surface area contributed by atoms with Gasteiger partial charge in [0.15, 0.2) is 5.82 Å². The Kier molecular flexibility index (Phi) is 6.24. The first-order chi connectivity index (χ1) is 18.4. The quantitative estimate of drug-likeness (QED) is 0.508. The van der Waals surface area contributed by atoms with Gasteiger partial charge in [0.1, 0.15) is 17.2 Å². The van der Waals surface area contributed by atoms with Gasteiger partial charge in [-0.25, -0.2) is 14.4 Å². The number of fused-ring (bicyclic) bond motifs is 2. The fourth-order valence-corrected chi connectivity index (χ4v) is 5.87. The summed E-state index contributed by atoms with van der Waals surface area (Å²) in [6.07, 6.45) is 4.41. The highest BCUT2D eigenvalue weighted by Gasteiger charge is 2.41. The van der Waals surface area contributed by atoms with Gasteiger partial charge in [-0.05, 0) is 56.4 Å². The number of para-hydroxylation sites is 1. The van der Waals surface area contributed by atoms with Crippen molar-refractivity contribution in [1.82, 2.24) is 25.1 Å². The number of nitrogens with two attached hydrogens (primary N) is 1. The van der Waals surface area contributed by atoms with Crippen LogP contribution in [0.25, 0.3) is 11.3 Å². The summed E-state index contributed by atoms with van der Waals surface area (Å²) >= 11 is 0. The second-order valence-corrected chi connectivity index (χ2v) is 10.6. The number of phenols is 1. The van der Waals surface area contributed by atoms with Crippen LogP contribution >= 0.6 is 0 Å². The third kappa shape index (κ3) is 4.82. The molecule has 0 aliphatic carbocycles. The van der Waals surface area contributed by atoms with Gasteiger partial charge in [0.05, 0.1) is 17.9 Å². The summed E-state index contributed by atoms with van der Waals surface area (Å²) in [6.45, 7) is 4.85. The number of anilines is 3. The number of likely N-dealkylation sites (tertiary alicyclic amines) is 1. The van der Waals surface area contributed by atoms with E-state index in [1.165, 1.54) is 0 Å². The number of nitrogens with zero attached hydrogens (tertiary/aromatic N) is 7. The maximum absolute atomic E-state index is 14.1. The molecule has 3 aliphatic heterocycles. The number of halogens is 1. The molecule has 6 rings (SSSR count). The van der Waals surface area contributed by atoms with E-state index in [9.17, 15) is 9.50 Å². The molecule has 3 saturated heterocycles. The smallest absolute Gasteiger partial charge is 0.206 e.